The van der Waals surface area contributed by atoms with Crippen molar-refractivity contribution in [2.75, 3.05) is 39.3 Å². The molecule has 0 bridgehead atoms. The number of carbonyl (C=O) groups excluding carboxylic acids is 3. The SMILES string of the molecule is CC(=O)N1CCC2(CC1)OC(=O)C(C)=C2C(=O)NCCCN1CC(C)CC(C)C1. The Morgan fingerprint density at radius 1 is 1.17 bits per heavy atom. The fourth-order valence-electron chi connectivity index (χ4n) is 5.23. The Kier molecular flexibility index (Phi) is 6.66. The molecular formula is C22H35N3O4. The van der Waals surface area contributed by atoms with E-state index in [-0.39, 0.29) is 11.8 Å². The van der Waals surface area contributed by atoms with Gasteiger partial charge < -0.3 is 19.9 Å². The number of hydrogen-bond donors (Lipinski definition) is 1. The van der Waals surface area contributed by atoms with Crippen LogP contribution >= 0.6 is 0 Å². The van der Waals surface area contributed by atoms with Gasteiger partial charge in [0, 0.05) is 58.1 Å². The van der Waals surface area contributed by atoms with Crippen molar-refractivity contribution >= 4 is 17.8 Å². The van der Waals surface area contributed by atoms with E-state index in [4.69, 9.17) is 4.74 Å². The molecule has 2 fully saturated rings. The van der Waals surface area contributed by atoms with Gasteiger partial charge in [-0.1, -0.05) is 13.8 Å². The highest BCUT2D eigenvalue weighted by Gasteiger charge is 2.50. The van der Waals surface area contributed by atoms with Crippen molar-refractivity contribution in [3.05, 3.63) is 11.1 Å². The number of rotatable bonds is 5. The van der Waals surface area contributed by atoms with Gasteiger partial charge in [0.25, 0.3) is 5.91 Å². The van der Waals surface area contributed by atoms with Gasteiger partial charge in [-0.3, -0.25) is 9.59 Å². The Morgan fingerprint density at radius 3 is 2.38 bits per heavy atom. The summed E-state index contributed by atoms with van der Waals surface area (Å²) in [6, 6.07) is 0. The van der Waals surface area contributed by atoms with Crippen LogP contribution in [0.2, 0.25) is 0 Å². The largest absolute Gasteiger partial charge is 0.450 e. The van der Waals surface area contributed by atoms with Crippen molar-refractivity contribution in [1.82, 2.24) is 15.1 Å². The standard InChI is InChI=1S/C22H35N3O4/c1-15-12-16(2)14-24(13-15)9-5-8-23-20(27)19-17(3)21(28)29-22(19)6-10-25(11-7-22)18(4)26/h15-16H,5-14H2,1-4H3,(H,23,27). The van der Waals surface area contributed by atoms with Crippen molar-refractivity contribution in [3.8, 4) is 0 Å². The van der Waals surface area contributed by atoms with Gasteiger partial charge in [-0.15, -0.1) is 0 Å². The molecule has 0 aliphatic carbocycles. The first-order valence-corrected chi connectivity index (χ1v) is 10.9. The fraction of sp³-hybridized carbons (Fsp3) is 0.773. The summed E-state index contributed by atoms with van der Waals surface area (Å²) < 4.78 is 5.67. The fourth-order valence-corrected chi connectivity index (χ4v) is 5.23. The highest BCUT2D eigenvalue weighted by Crippen LogP contribution is 2.41. The quantitative estimate of drug-likeness (QED) is 0.557. The topological polar surface area (TPSA) is 78.9 Å². The highest BCUT2D eigenvalue weighted by atomic mass is 16.6. The molecule has 1 N–H and O–H groups in total. The second-order valence-electron chi connectivity index (χ2n) is 9.20. The minimum Gasteiger partial charge on any atom is -0.450 e. The highest BCUT2D eigenvalue weighted by molar-refractivity contribution is 6.07. The van der Waals surface area contributed by atoms with Crippen LogP contribution < -0.4 is 5.32 Å². The van der Waals surface area contributed by atoms with Gasteiger partial charge in [0.05, 0.1) is 5.57 Å². The van der Waals surface area contributed by atoms with E-state index in [1.165, 1.54) is 13.3 Å². The van der Waals surface area contributed by atoms with E-state index < -0.39 is 11.6 Å². The maximum absolute atomic E-state index is 12.9. The molecule has 2 saturated heterocycles. The third-order valence-electron chi connectivity index (χ3n) is 6.55. The summed E-state index contributed by atoms with van der Waals surface area (Å²) >= 11 is 0. The van der Waals surface area contributed by atoms with Crippen molar-refractivity contribution in [3.63, 3.8) is 0 Å². The molecule has 2 amide bonds. The van der Waals surface area contributed by atoms with E-state index in [0.717, 1.165) is 37.9 Å². The lowest BCUT2D eigenvalue weighted by atomic mass is 9.82. The zero-order chi connectivity index (χ0) is 21.2. The van der Waals surface area contributed by atoms with Crippen LogP contribution in [0.3, 0.4) is 0 Å². The summed E-state index contributed by atoms with van der Waals surface area (Å²) in [6.45, 7) is 12.6. The van der Waals surface area contributed by atoms with E-state index in [2.05, 4.69) is 24.1 Å². The molecule has 0 radical (unpaired) electrons. The van der Waals surface area contributed by atoms with Crippen LogP contribution in [0.15, 0.2) is 11.1 Å². The monoisotopic (exact) mass is 405 g/mol. The predicted octanol–water partition coefficient (Wildman–Crippen LogP) is 1.73. The van der Waals surface area contributed by atoms with Gasteiger partial charge in [-0.25, -0.2) is 4.79 Å². The molecule has 0 saturated carbocycles. The number of amides is 2. The number of ether oxygens (including phenoxy) is 1. The molecule has 1 spiro atoms. The first kappa shape index (κ1) is 21.8. The molecule has 29 heavy (non-hydrogen) atoms. The smallest absolute Gasteiger partial charge is 0.335 e. The Morgan fingerprint density at radius 2 is 1.79 bits per heavy atom. The third kappa shape index (κ3) is 4.82. The number of likely N-dealkylation sites (tertiary alicyclic amines) is 2. The number of hydrogen-bond acceptors (Lipinski definition) is 5. The molecule has 3 aliphatic heterocycles. The van der Waals surface area contributed by atoms with Gasteiger partial charge in [-0.05, 0) is 38.1 Å². The van der Waals surface area contributed by atoms with Crippen molar-refractivity contribution in [1.29, 1.82) is 0 Å². The van der Waals surface area contributed by atoms with Gasteiger partial charge in [0.15, 0.2) is 0 Å². The molecule has 3 aliphatic rings. The Bertz CT molecular complexity index is 684. The van der Waals surface area contributed by atoms with Crippen LogP contribution in [0, 0.1) is 11.8 Å². The number of nitrogens with zero attached hydrogens (tertiary/aromatic N) is 2. The molecule has 162 valence electrons. The summed E-state index contributed by atoms with van der Waals surface area (Å²) in [5.74, 6) is 0.844. The summed E-state index contributed by atoms with van der Waals surface area (Å²) in [5.41, 5.74) is -0.0158. The molecule has 2 atom stereocenters. The van der Waals surface area contributed by atoms with Gasteiger partial charge in [-0.2, -0.15) is 0 Å². The molecular weight excluding hydrogens is 370 g/mol. The lowest BCUT2D eigenvalue weighted by Gasteiger charge is -2.39. The van der Waals surface area contributed by atoms with E-state index in [0.29, 0.717) is 43.6 Å². The van der Waals surface area contributed by atoms with Crippen LogP contribution in [0.25, 0.3) is 0 Å². The molecule has 3 rings (SSSR count). The molecule has 7 heteroatoms. The lowest BCUT2D eigenvalue weighted by Crippen LogP contribution is -2.50. The summed E-state index contributed by atoms with van der Waals surface area (Å²) in [5, 5.41) is 3.01. The number of nitrogens with one attached hydrogen (secondary N) is 1. The average molecular weight is 406 g/mol. The summed E-state index contributed by atoms with van der Waals surface area (Å²) in [4.78, 5) is 41.0. The van der Waals surface area contributed by atoms with Crippen LogP contribution in [0.1, 0.15) is 53.4 Å². The minimum atomic E-state index is -0.880. The number of piperidine rings is 2. The predicted molar refractivity (Wildman–Crippen MR) is 110 cm³/mol. The van der Waals surface area contributed by atoms with Crippen molar-refractivity contribution < 1.29 is 19.1 Å². The lowest BCUT2D eigenvalue weighted by molar-refractivity contribution is -0.152. The van der Waals surface area contributed by atoms with Crippen LogP contribution in [0.5, 0.6) is 0 Å². The molecule has 3 heterocycles. The Labute approximate surface area is 173 Å². The summed E-state index contributed by atoms with van der Waals surface area (Å²) in [7, 11) is 0. The molecule has 0 aromatic heterocycles. The van der Waals surface area contributed by atoms with Gasteiger partial charge >= 0.3 is 5.97 Å². The van der Waals surface area contributed by atoms with Crippen molar-refractivity contribution in [2.45, 2.75) is 59.0 Å². The second kappa shape index (κ2) is 8.86. The van der Waals surface area contributed by atoms with Crippen molar-refractivity contribution in [2.24, 2.45) is 11.8 Å². The average Bonchev–Trinajstić information content (AvgIpc) is 2.88. The van der Waals surface area contributed by atoms with Gasteiger partial charge in [0.2, 0.25) is 5.91 Å². The van der Waals surface area contributed by atoms with E-state index in [9.17, 15) is 14.4 Å². The third-order valence-corrected chi connectivity index (χ3v) is 6.55. The molecule has 7 nitrogen and oxygen atoms in total. The van der Waals surface area contributed by atoms with Crippen LogP contribution in [-0.4, -0.2) is 72.5 Å². The maximum atomic E-state index is 12.9. The maximum Gasteiger partial charge on any atom is 0.335 e. The van der Waals surface area contributed by atoms with E-state index in [1.807, 2.05) is 0 Å². The zero-order valence-corrected chi connectivity index (χ0v) is 18.3. The molecule has 0 aromatic rings. The van der Waals surface area contributed by atoms with Crippen LogP contribution in [-0.2, 0) is 19.1 Å². The normalized spacial score (nSPS) is 27.3. The van der Waals surface area contributed by atoms with E-state index >= 15 is 0 Å². The first-order chi connectivity index (χ1) is 13.7. The minimum absolute atomic E-state index is 0.0113. The summed E-state index contributed by atoms with van der Waals surface area (Å²) in [6.07, 6.45) is 3.12. The van der Waals surface area contributed by atoms with Gasteiger partial charge in [0.1, 0.15) is 5.60 Å². The zero-order valence-electron chi connectivity index (χ0n) is 18.3. The number of esters is 1. The number of carbonyl (C=O) groups is 3. The first-order valence-electron chi connectivity index (χ1n) is 10.9. The second-order valence-corrected chi connectivity index (χ2v) is 9.20. The molecule has 2 unspecified atom stereocenters. The Hall–Kier alpha value is -1.89. The Balaban J connectivity index is 1.54. The van der Waals surface area contributed by atoms with E-state index in [1.54, 1.807) is 11.8 Å². The molecule has 0 aromatic carbocycles. The van der Waals surface area contributed by atoms with Crippen LogP contribution in [0.4, 0.5) is 0 Å².